The van der Waals surface area contributed by atoms with E-state index >= 15 is 0 Å². The van der Waals surface area contributed by atoms with Gasteiger partial charge in [-0.05, 0) is 81.4 Å². The highest BCUT2D eigenvalue weighted by Crippen LogP contribution is 2.65. The molecule has 3 saturated carbocycles. The summed E-state index contributed by atoms with van der Waals surface area (Å²) in [5, 5.41) is 0. The maximum atomic E-state index is 13.0. The summed E-state index contributed by atoms with van der Waals surface area (Å²) in [7, 11) is -3.90. The van der Waals surface area contributed by atoms with E-state index in [1.54, 1.807) is 30.3 Å². The molecule has 0 saturated heterocycles. The van der Waals surface area contributed by atoms with Gasteiger partial charge in [-0.25, -0.2) is 0 Å². The quantitative estimate of drug-likeness (QED) is 0.577. The third-order valence-corrected chi connectivity index (χ3v) is 10.8. The second kappa shape index (κ2) is 7.88. The third-order valence-electron chi connectivity index (χ3n) is 9.47. The molecule has 4 aliphatic carbocycles. The lowest BCUT2D eigenvalue weighted by molar-refractivity contribution is -0.135. The Kier molecular flexibility index (Phi) is 5.48. The Morgan fingerprint density at radius 2 is 1.76 bits per heavy atom. The van der Waals surface area contributed by atoms with Gasteiger partial charge in [0.1, 0.15) is 5.78 Å². The number of hydrogen-bond acceptors (Lipinski definition) is 5. The molecule has 6 heteroatoms. The first kappa shape index (κ1) is 23.0. The van der Waals surface area contributed by atoms with Crippen LogP contribution in [-0.2, 0) is 23.9 Å². The molecule has 0 spiro atoms. The second-order valence-corrected chi connectivity index (χ2v) is 12.8. The van der Waals surface area contributed by atoms with Gasteiger partial charge in [-0.1, -0.05) is 37.1 Å². The average Bonchev–Trinajstić information content (AvgIpc) is 3.02. The molecular weight excluding hydrogens is 436 g/mol. The summed E-state index contributed by atoms with van der Waals surface area (Å²) in [4.78, 5) is 25.5. The predicted molar refractivity (Wildman–Crippen MR) is 125 cm³/mol. The van der Waals surface area contributed by atoms with Crippen molar-refractivity contribution in [3.05, 3.63) is 41.5 Å². The van der Waals surface area contributed by atoms with Crippen LogP contribution in [0.3, 0.4) is 0 Å². The van der Waals surface area contributed by atoms with Crippen LogP contribution in [0.2, 0.25) is 0 Å². The monoisotopic (exact) mass is 470 g/mol. The first-order chi connectivity index (χ1) is 15.6. The lowest BCUT2D eigenvalue weighted by Gasteiger charge is -2.57. The summed E-state index contributed by atoms with van der Waals surface area (Å²) < 4.78 is 31.9. The lowest BCUT2D eigenvalue weighted by atomic mass is 9.47. The van der Waals surface area contributed by atoms with Crippen molar-refractivity contribution in [3.63, 3.8) is 0 Å². The highest BCUT2D eigenvalue weighted by molar-refractivity contribution is 7.86. The van der Waals surface area contributed by atoms with Crippen molar-refractivity contribution < 1.29 is 22.2 Å². The fourth-order valence-electron chi connectivity index (χ4n) is 7.70. The molecule has 5 rings (SSSR count). The van der Waals surface area contributed by atoms with Gasteiger partial charge in [-0.2, -0.15) is 8.42 Å². The minimum atomic E-state index is -3.90. The molecular formula is C27H34O5S. The van der Waals surface area contributed by atoms with Crippen molar-refractivity contribution in [1.29, 1.82) is 0 Å². The van der Waals surface area contributed by atoms with Crippen molar-refractivity contribution >= 4 is 21.7 Å². The Hall–Kier alpha value is -1.79. The van der Waals surface area contributed by atoms with Crippen LogP contribution in [0.25, 0.3) is 0 Å². The van der Waals surface area contributed by atoms with Crippen LogP contribution in [0.5, 0.6) is 0 Å². The summed E-state index contributed by atoms with van der Waals surface area (Å²) in [6.07, 6.45) is 7.25. The molecule has 0 N–H and O–H groups in total. The Morgan fingerprint density at radius 3 is 2.48 bits per heavy atom. The Labute approximate surface area is 197 Å². The van der Waals surface area contributed by atoms with Gasteiger partial charge in [-0.3, -0.25) is 13.8 Å². The van der Waals surface area contributed by atoms with E-state index in [4.69, 9.17) is 4.18 Å². The van der Waals surface area contributed by atoms with Gasteiger partial charge in [-0.15, -0.1) is 0 Å². The molecule has 5 nitrogen and oxygen atoms in total. The number of benzene rings is 1. The molecule has 0 amide bonds. The number of fused-ring (bicyclic) bond motifs is 5. The number of Topliss-reactive ketones (excluding diaryl/α,β-unsaturated/α-hetero) is 1. The summed E-state index contributed by atoms with van der Waals surface area (Å²) in [6, 6.07) is 6.72. The highest BCUT2D eigenvalue weighted by atomic mass is 32.2. The predicted octanol–water partition coefficient (Wildman–Crippen LogP) is 5.03. The molecule has 0 aliphatic heterocycles. The zero-order valence-electron chi connectivity index (χ0n) is 19.8. The molecule has 1 aromatic rings. The van der Waals surface area contributed by atoms with Gasteiger partial charge < -0.3 is 0 Å². The molecule has 33 heavy (non-hydrogen) atoms. The first-order valence-electron chi connectivity index (χ1n) is 12.3. The molecule has 0 radical (unpaired) electrons. The molecule has 0 heterocycles. The SMILES string of the molecule is Cc1ccc(S(=O)(=O)OC[C@]23CCC(=O)C=C2CC[C@@H]2[C@@H]3CC[C@]3(C)C(=O)C(C)C[C@@H]23)cc1. The maximum Gasteiger partial charge on any atom is 0.297 e. The number of aryl methyl sites for hydroxylation is 1. The van der Waals surface area contributed by atoms with Crippen molar-refractivity contribution in [2.24, 2.45) is 34.5 Å². The van der Waals surface area contributed by atoms with Crippen molar-refractivity contribution in [2.45, 2.75) is 70.6 Å². The fraction of sp³-hybridized carbons (Fsp3) is 0.630. The molecule has 1 aromatic carbocycles. The van der Waals surface area contributed by atoms with E-state index in [0.29, 0.717) is 30.5 Å². The van der Waals surface area contributed by atoms with Gasteiger partial charge in [0, 0.05) is 23.2 Å². The molecule has 0 bridgehead atoms. The lowest BCUT2D eigenvalue weighted by Crippen LogP contribution is -2.53. The normalized spacial score (nSPS) is 38.3. The summed E-state index contributed by atoms with van der Waals surface area (Å²) in [5.41, 5.74) is 1.36. The second-order valence-electron chi connectivity index (χ2n) is 11.2. The van der Waals surface area contributed by atoms with Crippen LogP contribution >= 0.6 is 0 Å². The van der Waals surface area contributed by atoms with E-state index in [0.717, 1.165) is 43.2 Å². The third kappa shape index (κ3) is 3.56. The van der Waals surface area contributed by atoms with E-state index in [1.807, 2.05) is 6.92 Å². The Bertz CT molecular complexity index is 1120. The van der Waals surface area contributed by atoms with Crippen LogP contribution in [-0.4, -0.2) is 26.6 Å². The van der Waals surface area contributed by atoms with Crippen molar-refractivity contribution in [1.82, 2.24) is 0 Å². The van der Waals surface area contributed by atoms with Crippen LogP contribution < -0.4 is 0 Å². The first-order valence-corrected chi connectivity index (χ1v) is 13.7. The molecule has 6 atom stereocenters. The smallest absolute Gasteiger partial charge is 0.297 e. The molecule has 178 valence electrons. The van der Waals surface area contributed by atoms with Gasteiger partial charge in [0.05, 0.1) is 11.5 Å². The highest BCUT2D eigenvalue weighted by Gasteiger charge is 2.61. The molecule has 1 unspecified atom stereocenters. The zero-order valence-corrected chi connectivity index (χ0v) is 20.6. The maximum absolute atomic E-state index is 13.0. The van der Waals surface area contributed by atoms with Crippen molar-refractivity contribution in [3.8, 4) is 0 Å². The van der Waals surface area contributed by atoms with E-state index in [9.17, 15) is 18.0 Å². The minimum Gasteiger partial charge on any atom is -0.299 e. The van der Waals surface area contributed by atoms with Crippen LogP contribution in [0.15, 0.2) is 40.8 Å². The number of ketones is 2. The largest absolute Gasteiger partial charge is 0.299 e. The number of hydrogen-bond donors (Lipinski definition) is 0. The number of carbonyl (C=O) groups excluding carboxylic acids is 2. The minimum absolute atomic E-state index is 0.0798. The molecule has 4 aliphatic rings. The standard InChI is InChI=1S/C27H34O5S/c1-17-4-7-21(8-5-17)33(30,31)32-16-27-13-10-20(28)15-19(27)6-9-22-23(27)11-12-26(3)24(22)14-18(2)25(26)29/h4-5,7-8,15,18,22-24H,6,9-14,16H2,1-3H3/t18?,22-,23+,24+,26+,27-/m1/s1. The topological polar surface area (TPSA) is 77.5 Å². The summed E-state index contributed by atoms with van der Waals surface area (Å²) in [5.74, 6) is 1.58. The molecule has 3 fully saturated rings. The summed E-state index contributed by atoms with van der Waals surface area (Å²) in [6.45, 7) is 6.21. The van der Waals surface area contributed by atoms with Crippen LogP contribution in [0.4, 0.5) is 0 Å². The van der Waals surface area contributed by atoms with Crippen molar-refractivity contribution in [2.75, 3.05) is 6.61 Å². The van der Waals surface area contributed by atoms with Gasteiger partial charge in [0.15, 0.2) is 5.78 Å². The Morgan fingerprint density at radius 1 is 1.03 bits per heavy atom. The van der Waals surface area contributed by atoms with E-state index < -0.39 is 15.5 Å². The van der Waals surface area contributed by atoms with E-state index in [2.05, 4.69) is 13.8 Å². The average molecular weight is 471 g/mol. The summed E-state index contributed by atoms with van der Waals surface area (Å²) >= 11 is 0. The number of carbonyl (C=O) groups is 2. The van der Waals surface area contributed by atoms with Gasteiger partial charge in [0.25, 0.3) is 10.1 Å². The molecule has 0 aromatic heterocycles. The van der Waals surface area contributed by atoms with Crippen LogP contribution in [0, 0.1) is 41.4 Å². The Balaban J connectivity index is 1.48. The number of rotatable bonds is 4. The van der Waals surface area contributed by atoms with E-state index in [-0.39, 0.29) is 34.5 Å². The van der Waals surface area contributed by atoms with E-state index in [1.165, 1.54) is 0 Å². The van der Waals surface area contributed by atoms with Gasteiger partial charge in [0.2, 0.25) is 0 Å². The van der Waals surface area contributed by atoms with Crippen LogP contribution in [0.1, 0.15) is 64.4 Å². The fourth-order valence-corrected chi connectivity index (χ4v) is 8.67. The van der Waals surface area contributed by atoms with Gasteiger partial charge >= 0.3 is 0 Å². The zero-order chi connectivity index (χ0) is 23.6.